The molecule has 6 amide bonds. The van der Waals surface area contributed by atoms with Crippen molar-refractivity contribution in [1.82, 2.24) is 9.80 Å². The van der Waals surface area contributed by atoms with Gasteiger partial charge in [0.25, 0.3) is 35.4 Å². The lowest BCUT2D eigenvalue weighted by molar-refractivity contribution is -0.130. The summed E-state index contributed by atoms with van der Waals surface area (Å²) in [5.41, 5.74) is 5.01. The smallest absolute Gasteiger partial charge is 0.262 e. The van der Waals surface area contributed by atoms with Gasteiger partial charge in [-0.1, -0.05) is 97.1 Å². The Labute approximate surface area is 436 Å². The molecule has 0 bridgehead atoms. The minimum Gasteiger partial charge on any atom is -0.378 e. The van der Waals surface area contributed by atoms with Crippen molar-refractivity contribution in [2.75, 3.05) is 47.8 Å². The largest absolute Gasteiger partial charge is 0.378 e. The van der Waals surface area contributed by atoms with E-state index in [2.05, 4.69) is 12.1 Å². The van der Waals surface area contributed by atoms with Crippen LogP contribution in [0.1, 0.15) is 64.6 Å². The molecule has 4 atom stereocenters. The zero-order valence-corrected chi connectivity index (χ0v) is 41.8. The average molecular weight is 995 g/mol. The molecular formula is C64H46N6O6. The first kappa shape index (κ1) is 45.0. The van der Waals surface area contributed by atoms with Gasteiger partial charge in [0.2, 0.25) is 0 Å². The van der Waals surface area contributed by atoms with E-state index in [-0.39, 0.29) is 33.0 Å². The van der Waals surface area contributed by atoms with Crippen LogP contribution in [0.15, 0.2) is 182 Å². The van der Waals surface area contributed by atoms with E-state index in [0.717, 1.165) is 75.4 Å². The van der Waals surface area contributed by atoms with Crippen LogP contribution in [-0.4, -0.2) is 85.5 Å². The SMILES string of the molecule is CN(C)c1ccc(N2C(=O)C(N3C(=O)c4ccc5c6c(ccc(c46)C3=O)C(=O)N(C3C(=O)N(c4ccc(N(C)C)cc4)C3c3c4ccccc4cc4ccccc34)C5=O)C2c2c3ccccc3cc3ccccc23)cc1. The monoisotopic (exact) mass is 994 g/mol. The molecule has 0 aliphatic carbocycles. The van der Waals surface area contributed by atoms with Crippen molar-refractivity contribution >= 4 is 112 Å². The first-order valence-corrected chi connectivity index (χ1v) is 25.3. The van der Waals surface area contributed by atoms with E-state index in [4.69, 9.17) is 0 Å². The molecule has 2 fully saturated rings. The highest BCUT2D eigenvalue weighted by Gasteiger charge is 2.60. The standard InChI is InChI=1S/C64H46N6O6/c1-65(2)39-21-25-41(26-22-39)67-55(53-43-17-9-5-13-35(43)33-36-14-6-10-18-44(36)53)57(63(67)75)69-59(71)47-29-31-49-52-50(32-30-48(51(47)52)60(69)72)62(74)70(61(49)73)58-56(68(64(58)76)42-27-23-40(24-28-42)66(3)4)54-45-19-11-7-15-37(45)34-38-16-8-12-20-46(38)54/h5-34,55-58H,1-4H3. The number of carbonyl (C=O) groups is 6. The highest BCUT2D eigenvalue weighted by Crippen LogP contribution is 2.52. The van der Waals surface area contributed by atoms with E-state index in [1.165, 1.54) is 24.3 Å². The zero-order chi connectivity index (χ0) is 52.0. The summed E-state index contributed by atoms with van der Waals surface area (Å²) in [6.07, 6.45) is 0. The van der Waals surface area contributed by atoms with Gasteiger partial charge in [0.05, 0.1) is 12.1 Å². The fourth-order valence-electron chi connectivity index (χ4n) is 12.6. The number of carbonyl (C=O) groups excluding carboxylic acids is 6. The molecule has 4 aliphatic heterocycles. The number of benzene rings is 10. The van der Waals surface area contributed by atoms with Crippen molar-refractivity contribution in [1.29, 1.82) is 0 Å². The molecule has 0 spiro atoms. The number of hydrogen-bond donors (Lipinski definition) is 0. The lowest BCUT2D eigenvalue weighted by Gasteiger charge is -2.52. The van der Waals surface area contributed by atoms with E-state index < -0.39 is 59.6 Å². The van der Waals surface area contributed by atoms with Gasteiger partial charge in [0, 0.05) is 84.0 Å². The van der Waals surface area contributed by atoms with Crippen molar-refractivity contribution < 1.29 is 28.8 Å². The molecule has 0 radical (unpaired) electrons. The molecule has 12 heteroatoms. The van der Waals surface area contributed by atoms with Gasteiger partial charge >= 0.3 is 0 Å². The van der Waals surface area contributed by atoms with Crippen molar-refractivity contribution in [2.24, 2.45) is 0 Å². The van der Waals surface area contributed by atoms with Gasteiger partial charge < -0.3 is 19.6 Å². The highest BCUT2D eigenvalue weighted by molar-refractivity contribution is 6.35. The number of hydrogen-bond acceptors (Lipinski definition) is 8. The van der Waals surface area contributed by atoms with Gasteiger partial charge in [-0.05, 0) is 139 Å². The summed E-state index contributed by atoms with van der Waals surface area (Å²) in [7, 11) is 7.75. The average Bonchev–Trinajstić information content (AvgIpc) is 3.63. The van der Waals surface area contributed by atoms with Gasteiger partial charge in [-0.25, -0.2) is 0 Å². The van der Waals surface area contributed by atoms with Crippen molar-refractivity contribution in [3.8, 4) is 0 Å². The van der Waals surface area contributed by atoms with Crippen molar-refractivity contribution in [3.63, 3.8) is 0 Å². The molecule has 0 saturated carbocycles. The quantitative estimate of drug-likeness (QED) is 0.0838. The lowest BCUT2D eigenvalue weighted by atomic mass is 9.78. The second-order valence-corrected chi connectivity index (χ2v) is 20.5. The molecule has 10 aromatic rings. The molecule has 4 unspecified atom stereocenters. The normalized spacial score (nSPS) is 19.1. The van der Waals surface area contributed by atoms with E-state index in [9.17, 15) is 0 Å². The topological polar surface area (TPSA) is 122 Å². The Kier molecular flexibility index (Phi) is 9.71. The third-order valence-corrected chi connectivity index (χ3v) is 16.2. The number of nitrogens with zero attached hydrogens (tertiary/aromatic N) is 6. The number of imide groups is 2. The van der Waals surface area contributed by atoms with Crippen LogP contribution in [0.4, 0.5) is 22.7 Å². The van der Waals surface area contributed by atoms with Gasteiger partial charge in [-0.15, -0.1) is 0 Å². The molecule has 4 aliphatic rings. The maximum Gasteiger partial charge on any atom is 0.262 e. The molecule has 14 rings (SSSR count). The molecule has 4 heterocycles. The minimum absolute atomic E-state index is 0.0829. The van der Waals surface area contributed by atoms with Gasteiger partial charge in [-0.2, -0.15) is 0 Å². The Bertz CT molecular complexity index is 3810. The van der Waals surface area contributed by atoms with Crippen molar-refractivity contribution in [2.45, 2.75) is 24.2 Å². The van der Waals surface area contributed by atoms with E-state index in [1.807, 2.05) is 184 Å². The van der Waals surface area contributed by atoms with Gasteiger partial charge in [-0.3, -0.25) is 38.6 Å². The lowest BCUT2D eigenvalue weighted by Crippen LogP contribution is -2.69. The Morgan fingerprint density at radius 1 is 0.316 bits per heavy atom. The number of fused-ring (bicyclic) bond motifs is 4. The van der Waals surface area contributed by atoms with Crippen LogP contribution in [0, 0.1) is 0 Å². The third kappa shape index (κ3) is 6.18. The number of rotatable bonds is 8. The number of anilines is 4. The summed E-state index contributed by atoms with van der Waals surface area (Å²) in [4.78, 5) is 101. The minimum atomic E-state index is -1.26. The van der Waals surface area contributed by atoms with Crippen LogP contribution < -0.4 is 19.6 Å². The molecule has 76 heavy (non-hydrogen) atoms. The maximum atomic E-state index is 15.4. The second-order valence-electron chi connectivity index (χ2n) is 20.5. The summed E-state index contributed by atoms with van der Waals surface area (Å²) < 4.78 is 0. The molecule has 10 aromatic carbocycles. The maximum absolute atomic E-state index is 15.4. The first-order chi connectivity index (χ1) is 36.9. The molecule has 0 aromatic heterocycles. The summed E-state index contributed by atoms with van der Waals surface area (Å²) in [6, 6.07) is 53.0. The number of β-lactam (4-membered cyclic amide) rings is 2. The molecular weight excluding hydrogens is 949 g/mol. The predicted molar refractivity (Wildman–Crippen MR) is 297 cm³/mol. The summed E-state index contributed by atoms with van der Waals surface area (Å²) in [5.74, 6) is -3.73. The Balaban J connectivity index is 0.887. The van der Waals surface area contributed by atoms with Gasteiger partial charge in [0.1, 0.15) is 12.1 Å². The summed E-state index contributed by atoms with van der Waals surface area (Å²) in [6.45, 7) is 0. The highest BCUT2D eigenvalue weighted by atomic mass is 16.2. The van der Waals surface area contributed by atoms with E-state index in [0.29, 0.717) is 11.4 Å². The van der Waals surface area contributed by atoms with Crippen LogP contribution in [0.25, 0.3) is 53.9 Å². The van der Waals surface area contributed by atoms with Crippen LogP contribution in [0.3, 0.4) is 0 Å². The first-order valence-electron chi connectivity index (χ1n) is 25.3. The molecule has 368 valence electrons. The Morgan fingerprint density at radius 3 is 0.868 bits per heavy atom. The number of amides is 6. The fraction of sp³-hybridized carbons (Fsp3) is 0.125. The molecule has 0 N–H and O–H groups in total. The summed E-state index contributed by atoms with van der Waals surface area (Å²) in [5, 5.41) is 7.59. The predicted octanol–water partition coefficient (Wildman–Crippen LogP) is 11.1. The molecule has 12 nitrogen and oxygen atoms in total. The summed E-state index contributed by atoms with van der Waals surface area (Å²) >= 11 is 0. The van der Waals surface area contributed by atoms with Crippen LogP contribution in [-0.2, 0) is 9.59 Å². The Hall–Kier alpha value is -9.68. The third-order valence-electron chi connectivity index (χ3n) is 16.2. The van der Waals surface area contributed by atoms with E-state index >= 15 is 28.8 Å². The van der Waals surface area contributed by atoms with Crippen LogP contribution in [0.2, 0.25) is 0 Å². The van der Waals surface area contributed by atoms with Crippen LogP contribution in [0.5, 0.6) is 0 Å². The van der Waals surface area contributed by atoms with Crippen molar-refractivity contribution in [3.05, 3.63) is 215 Å². The van der Waals surface area contributed by atoms with E-state index in [1.54, 1.807) is 9.80 Å². The van der Waals surface area contributed by atoms with Gasteiger partial charge in [0.15, 0.2) is 0 Å². The molecule has 2 saturated heterocycles. The Morgan fingerprint density at radius 2 is 0.592 bits per heavy atom. The second kappa shape index (κ2) is 16.4. The fourth-order valence-corrected chi connectivity index (χ4v) is 12.6. The van der Waals surface area contributed by atoms with Crippen LogP contribution >= 0.6 is 0 Å². The zero-order valence-electron chi connectivity index (χ0n) is 41.8.